The van der Waals surface area contributed by atoms with Crippen LogP contribution >= 0.6 is 11.8 Å². The van der Waals surface area contributed by atoms with E-state index in [1.165, 1.54) is 23.9 Å². The van der Waals surface area contributed by atoms with Gasteiger partial charge in [0.1, 0.15) is 11.2 Å². The van der Waals surface area contributed by atoms with Crippen LogP contribution in [0, 0.1) is 12.7 Å². The molecule has 170 valence electrons. The average molecular weight is 467 g/mol. The summed E-state index contributed by atoms with van der Waals surface area (Å²) in [7, 11) is 0. The van der Waals surface area contributed by atoms with Gasteiger partial charge in [-0.3, -0.25) is 14.7 Å². The third-order valence-electron chi connectivity index (χ3n) is 5.60. The molecule has 6 nitrogen and oxygen atoms in total. The summed E-state index contributed by atoms with van der Waals surface area (Å²) in [6.45, 7) is 2.56. The number of halogens is 1. The molecule has 2 aromatic carbocycles. The van der Waals surface area contributed by atoms with Gasteiger partial charge in [-0.05, 0) is 72.0 Å². The summed E-state index contributed by atoms with van der Waals surface area (Å²) in [5.74, 6) is -1.13. The number of carboxylic acids is 1. The first-order valence-corrected chi connectivity index (χ1v) is 11.5. The predicted octanol–water partition coefficient (Wildman–Crippen LogP) is 4.77. The second kappa shape index (κ2) is 10.1. The zero-order valence-corrected chi connectivity index (χ0v) is 18.8. The highest BCUT2D eigenvalue weighted by atomic mass is 32.2. The Labute approximate surface area is 195 Å². The van der Waals surface area contributed by atoms with Gasteiger partial charge < -0.3 is 9.84 Å². The quantitative estimate of drug-likeness (QED) is 0.482. The Morgan fingerprint density at radius 3 is 2.61 bits per heavy atom. The molecule has 0 radical (unpaired) electrons. The highest BCUT2D eigenvalue weighted by molar-refractivity contribution is 8.00. The fraction of sp³-hybridized carbons (Fsp3) is 0.240. The number of anilines is 1. The second-order valence-electron chi connectivity index (χ2n) is 7.68. The molecule has 1 amide bonds. The van der Waals surface area contributed by atoms with E-state index in [2.05, 4.69) is 4.98 Å². The Hall–Kier alpha value is -3.23. The van der Waals surface area contributed by atoms with Crippen molar-refractivity contribution in [3.05, 3.63) is 94.6 Å². The number of pyridine rings is 1. The van der Waals surface area contributed by atoms with Crippen LogP contribution < -0.4 is 4.90 Å². The van der Waals surface area contributed by atoms with Gasteiger partial charge in [-0.1, -0.05) is 12.1 Å². The first kappa shape index (κ1) is 22.9. The first-order chi connectivity index (χ1) is 16.0. The van der Waals surface area contributed by atoms with Crippen LogP contribution in [0.2, 0.25) is 0 Å². The molecule has 1 atom stereocenters. The van der Waals surface area contributed by atoms with Crippen LogP contribution in [0.15, 0.2) is 60.9 Å². The van der Waals surface area contributed by atoms with E-state index in [0.717, 1.165) is 16.7 Å². The largest absolute Gasteiger partial charge is 0.478 e. The number of benzene rings is 2. The van der Waals surface area contributed by atoms with Crippen molar-refractivity contribution in [3.63, 3.8) is 0 Å². The van der Waals surface area contributed by atoms with E-state index in [1.54, 1.807) is 41.6 Å². The molecule has 0 bridgehead atoms. The van der Waals surface area contributed by atoms with Gasteiger partial charge in [0.2, 0.25) is 5.91 Å². The van der Waals surface area contributed by atoms with E-state index in [4.69, 9.17) is 4.74 Å². The molecule has 3 aromatic rings. The summed E-state index contributed by atoms with van der Waals surface area (Å²) >= 11 is 1.46. The molecule has 33 heavy (non-hydrogen) atoms. The van der Waals surface area contributed by atoms with Gasteiger partial charge in [-0.25, -0.2) is 9.18 Å². The van der Waals surface area contributed by atoms with Crippen molar-refractivity contribution in [2.24, 2.45) is 0 Å². The highest BCUT2D eigenvalue weighted by Gasteiger charge is 2.35. The molecule has 0 aliphatic carbocycles. The van der Waals surface area contributed by atoms with Crippen LogP contribution in [0.25, 0.3) is 0 Å². The predicted molar refractivity (Wildman–Crippen MR) is 125 cm³/mol. The van der Waals surface area contributed by atoms with Crippen LogP contribution in [-0.4, -0.2) is 34.3 Å². The number of aromatic carboxylic acids is 1. The van der Waals surface area contributed by atoms with Gasteiger partial charge in [-0.2, -0.15) is 0 Å². The minimum absolute atomic E-state index is 0.0691. The maximum atomic E-state index is 13.4. The number of thioether (sulfide) groups is 1. The lowest BCUT2D eigenvalue weighted by Crippen LogP contribution is -2.29. The smallest absolute Gasteiger partial charge is 0.335 e. The van der Waals surface area contributed by atoms with E-state index in [1.807, 2.05) is 19.1 Å². The maximum absolute atomic E-state index is 13.4. The van der Waals surface area contributed by atoms with Crippen LogP contribution in [0.3, 0.4) is 0 Å². The van der Waals surface area contributed by atoms with E-state index >= 15 is 0 Å². The number of amides is 1. The average Bonchev–Trinajstić information content (AvgIpc) is 3.19. The van der Waals surface area contributed by atoms with E-state index in [-0.39, 0.29) is 22.7 Å². The number of nitrogens with zero attached hydrogens (tertiary/aromatic N) is 2. The molecule has 1 unspecified atom stereocenters. The van der Waals surface area contributed by atoms with E-state index < -0.39 is 5.97 Å². The van der Waals surface area contributed by atoms with Crippen LogP contribution in [0.4, 0.5) is 10.1 Å². The number of rotatable bonds is 8. The van der Waals surface area contributed by atoms with Gasteiger partial charge in [0.05, 0.1) is 24.5 Å². The van der Waals surface area contributed by atoms with Crippen LogP contribution in [0.5, 0.6) is 0 Å². The summed E-state index contributed by atoms with van der Waals surface area (Å²) in [5, 5.41) is 9.42. The SMILES string of the molecule is Cc1c(N2C(=O)CSC2c2ccc(F)cc2)ccc(C(=O)O)c1CCOCc1ccncc1. The lowest BCUT2D eigenvalue weighted by Gasteiger charge is -2.27. The molecule has 0 spiro atoms. The zero-order chi connectivity index (χ0) is 23.4. The Kier molecular flexibility index (Phi) is 7.05. The number of carbonyl (C=O) groups excluding carboxylic acids is 1. The van der Waals surface area contributed by atoms with Crippen molar-refractivity contribution in [1.29, 1.82) is 0 Å². The van der Waals surface area contributed by atoms with Crippen molar-refractivity contribution in [2.75, 3.05) is 17.3 Å². The second-order valence-corrected chi connectivity index (χ2v) is 8.75. The van der Waals surface area contributed by atoms with Crippen LogP contribution in [-0.2, 0) is 22.6 Å². The van der Waals surface area contributed by atoms with Gasteiger partial charge in [-0.15, -0.1) is 11.8 Å². The summed E-state index contributed by atoms with van der Waals surface area (Å²) in [5.41, 5.74) is 4.02. The minimum Gasteiger partial charge on any atom is -0.478 e. The first-order valence-electron chi connectivity index (χ1n) is 10.5. The molecule has 1 aliphatic heterocycles. The molecule has 2 heterocycles. The zero-order valence-electron chi connectivity index (χ0n) is 18.0. The fourth-order valence-electron chi connectivity index (χ4n) is 3.93. The van der Waals surface area contributed by atoms with Crippen molar-refractivity contribution in [2.45, 2.75) is 25.3 Å². The molecule has 0 saturated carbocycles. The Morgan fingerprint density at radius 2 is 1.91 bits per heavy atom. The lowest BCUT2D eigenvalue weighted by molar-refractivity contribution is -0.115. The number of hydrogen-bond acceptors (Lipinski definition) is 5. The van der Waals surface area contributed by atoms with Gasteiger partial charge >= 0.3 is 5.97 Å². The molecule has 1 fully saturated rings. The summed E-state index contributed by atoms with van der Waals surface area (Å²) in [6, 6.07) is 13.1. The number of hydrogen-bond donors (Lipinski definition) is 1. The highest BCUT2D eigenvalue weighted by Crippen LogP contribution is 2.43. The maximum Gasteiger partial charge on any atom is 0.335 e. The van der Waals surface area contributed by atoms with E-state index in [9.17, 15) is 19.1 Å². The molecule has 1 aromatic heterocycles. The van der Waals surface area contributed by atoms with E-state index in [0.29, 0.717) is 36.6 Å². The Bertz CT molecular complexity index is 1160. The molecule has 1 N–H and O–H groups in total. The summed E-state index contributed by atoms with van der Waals surface area (Å²) in [6.07, 6.45) is 3.78. The molecular formula is C25H23FN2O4S. The van der Waals surface area contributed by atoms with Crippen molar-refractivity contribution < 1.29 is 23.8 Å². The Balaban J connectivity index is 1.59. The van der Waals surface area contributed by atoms with Crippen molar-refractivity contribution in [3.8, 4) is 0 Å². The van der Waals surface area contributed by atoms with Gasteiger partial charge in [0.25, 0.3) is 0 Å². The number of carboxylic acid groups (broad SMARTS) is 1. The third kappa shape index (κ3) is 5.07. The summed E-state index contributed by atoms with van der Waals surface area (Å²) in [4.78, 5) is 30.3. The molecular weight excluding hydrogens is 443 g/mol. The van der Waals surface area contributed by atoms with Crippen molar-refractivity contribution >= 4 is 29.3 Å². The van der Waals surface area contributed by atoms with Gasteiger partial charge in [0.15, 0.2) is 0 Å². The summed E-state index contributed by atoms with van der Waals surface area (Å²) < 4.78 is 19.2. The number of aromatic nitrogens is 1. The van der Waals surface area contributed by atoms with Crippen LogP contribution in [0.1, 0.15) is 38.0 Å². The molecule has 4 rings (SSSR count). The molecule has 1 aliphatic rings. The Morgan fingerprint density at radius 1 is 1.18 bits per heavy atom. The topological polar surface area (TPSA) is 79.7 Å². The van der Waals surface area contributed by atoms with Crippen molar-refractivity contribution in [1.82, 2.24) is 4.98 Å². The molecule has 1 saturated heterocycles. The molecule has 8 heteroatoms. The minimum atomic E-state index is -1.02. The lowest BCUT2D eigenvalue weighted by atomic mass is 9.96. The fourth-order valence-corrected chi connectivity index (χ4v) is 5.10. The van der Waals surface area contributed by atoms with Gasteiger partial charge in [0, 0.05) is 18.1 Å². The number of carbonyl (C=O) groups is 2. The standard InChI is InChI=1S/C25H23FN2O4S/c1-16-20(10-13-32-14-17-8-11-27-12-9-17)21(25(30)31)6-7-22(16)28-23(29)15-33-24(28)18-2-4-19(26)5-3-18/h2-9,11-12,24H,10,13-15H2,1H3,(H,30,31). The normalized spacial score (nSPS) is 15.8. The third-order valence-corrected chi connectivity index (χ3v) is 6.81. The monoisotopic (exact) mass is 466 g/mol. The number of ether oxygens (including phenoxy) is 1.